The van der Waals surface area contributed by atoms with Gasteiger partial charge in [0, 0.05) is 66.7 Å². The van der Waals surface area contributed by atoms with Crippen molar-refractivity contribution in [2.45, 2.75) is 57.2 Å². The lowest BCUT2D eigenvalue weighted by Gasteiger charge is -2.34. The largest absolute Gasteiger partial charge is 0.482 e. The summed E-state index contributed by atoms with van der Waals surface area (Å²) < 4.78 is 5.50. The van der Waals surface area contributed by atoms with Gasteiger partial charge in [-0.25, -0.2) is 0 Å². The van der Waals surface area contributed by atoms with E-state index in [0.29, 0.717) is 60.0 Å². The zero-order chi connectivity index (χ0) is 43.1. The maximum atomic E-state index is 13.5. The number of piperidine rings is 2. The number of carbonyl (C=O) groups excluding carboxylic acids is 8. The van der Waals surface area contributed by atoms with Crippen molar-refractivity contribution in [2.24, 2.45) is 5.92 Å². The second-order valence-corrected chi connectivity index (χ2v) is 16.3. The first-order valence-corrected chi connectivity index (χ1v) is 20.8. The number of carbonyl (C=O) groups is 8. The van der Waals surface area contributed by atoms with Gasteiger partial charge in [-0.2, -0.15) is 0 Å². The molecule has 4 aromatic rings. The predicted molar refractivity (Wildman–Crippen MR) is 225 cm³/mol. The van der Waals surface area contributed by atoms with E-state index in [9.17, 15) is 38.4 Å². The van der Waals surface area contributed by atoms with Crippen LogP contribution in [0.4, 0.5) is 17.1 Å². The van der Waals surface area contributed by atoms with Gasteiger partial charge in [0.05, 0.1) is 16.8 Å². The van der Waals surface area contributed by atoms with Gasteiger partial charge in [0.2, 0.25) is 11.8 Å². The predicted octanol–water partition coefficient (Wildman–Crippen LogP) is 4.12. The van der Waals surface area contributed by atoms with Crippen molar-refractivity contribution in [1.29, 1.82) is 0 Å². The molecule has 9 rings (SSSR count). The fraction of sp³-hybridized carbons (Fsp3) is 0.304. The number of anilines is 3. The number of nitrogens with zero attached hydrogens (tertiary/aromatic N) is 3. The molecular formula is C46H43N7O9. The van der Waals surface area contributed by atoms with Gasteiger partial charge in [-0.05, 0) is 116 Å². The van der Waals surface area contributed by atoms with E-state index in [1.165, 1.54) is 0 Å². The van der Waals surface area contributed by atoms with Crippen molar-refractivity contribution < 1.29 is 43.1 Å². The average Bonchev–Trinajstić information content (AvgIpc) is 4.10. The Morgan fingerprint density at radius 1 is 0.710 bits per heavy atom. The zero-order valence-corrected chi connectivity index (χ0v) is 33.6. The van der Waals surface area contributed by atoms with Gasteiger partial charge in [0.1, 0.15) is 11.8 Å². The highest BCUT2D eigenvalue weighted by atomic mass is 16.5. The number of nitrogens with one attached hydrogen (secondary N) is 4. The van der Waals surface area contributed by atoms with Crippen LogP contribution >= 0.6 is 0 Å². The second kappa shape index (κ2) is 16.6. The third kappa shape index (κ3) is 8.23. The second-order valence-electron chi connectivity index (χ2n) is 16.3. The summed E-state index contributed by atoms with van der Waals surface area (Å²) in [6, 6.07) is 23.0. The fourth-order valence-corrected chi connectivity index (χ4v) is 8.38. The van der Waals surface area contributed by atoms with Crippen LogP contribution in [-0.4, -0.2) is 95.4 Å². The lowest BCUT2D eigenvalue weighted by atomic mass is 9.95. The SMILES string of the molecule is O=C1CCC(N2C(=O)c3ccc(N4CCC(CNC(=O)c5ccc(NC(=O)c6ccc(CN(C(=O)c7ccc8c(c7)OCC(=O)N8)C7CC7)cc6)cc5)CC4)cc3C2=O)C(=O)N1. The van der Waals surface area contributed by atoms with Crippen LogP contribution in [0.1, 0.15) is 95.9 Å². The van der Waals surface area contributed by atoms with Gasteiger partial charge < -0.3 is 30.5 Å². The highest BCUT2D eigenvalue weighted by Crippen LogP contribution is 2.34. The molecule has 1 saturated carbocycles. The van der Waals surface area contributed by atoms with Crippen molar-refractivity contribution in [3.63, 3.8) is 0 Å². The number of fused-ring (bicyclic) bond motifs is 2. The number of imide groups is 2. The molecule has 0 radical (unpaired) electrons. The zero-order valence-electron chi connectivity index (χ0n) is 33.6. The van der Waals surface area contributed by atoms with Crippen LogP contribution in [0.3, 0.4) is 0 Å². The molecule has 3 fully saturated rings. The summed E-state index contributed by atoms with van der Waals surface area (Å²) in [5.41, 5.74) is 4.59. The molecule has 2 saturated heterocycles. The van der Waals surface area contributed by atoms with E-state index in [2.05, 4.69) is 26.2 Å². The van der Waals surface area contributed by atoms with E-state index in [1.807, 2.05) is 17.0 Å². The molecule has 8 amide bonds. The first-order chi connectivity index (χ1) is 30.0. The fourth-order valence-electron chi connectivity index (χ4n) is 8.38. The van der Waals surface area contributed by atoms with Crippen LogP contribution in [-0.2, 0) is 20.9 Å². The Balaban J connectivity index is 0.731. The molecule has 1 atom stereocenters. The maximum Gasteiger partial charge on any atom is 0.262 e. The van der Waals surface area contributed by atoms with E-state index in [4.69, 9.17) is 4.74 Å². The monoisotopic (exact) mass is 837 g/mol. The van der Waals surface area contributed by atoms with Crippen molar-refractivity contribution in [3.8, 4) is 5.75 Å². The minimum atomic E-state index is -1.02. The van der Waals surface area contributed by atoms with E-state index in [0.717, 1.165) is 41.8 Å². The van der Waals surface area contributed by atoms with Gasteiger partial charge >= 0.3 is 0 Å². The Morgan fingerprint density at radius 3 is 2.13 bits per heavy atom. The first kappa shape index (κ1) is 40.1. The molecule has 4 heterocycles. The Labute approximate surface area is 355 Å². The summed E-state index contributed by atoms with van der Waals surface area (Å²) in [5, 5.41) is 10.9. The van der Waals surface area contributed by atoms with Crippen molar-refractivity contribution in [2.75, 3.05) is 41.8 Å². The van der Waals surface area contributed by atoms with E-state index in [1.54, 1.807) is 72.8 Å². The lowest BCUT2D eigenvalue weighted by Crippen LogP contribution is -2.54. The van der Waals surface area contributed by atoms with Crippen LogP contribution in [0.5, 0.6) is 5.75 Å². The van der Waals surface area contributed by atoms with E-state index in [-0.39, 0.29) is 66.2 Å². The molecule has 0 spiro atoms. The Hall–Kier alpha value is -7.36. The molecular weight excluding hydrogens is 795 g/mol. The number of hydrogen-bond donors (Lipinski definition) is 4. The van der Waals surface area contributed by atoms with Crippen LogP contribution in [0.25, 0.3) is 0 Å². The highest BCUT2D eigenvalue weighted by molar-refractivity contribution is 6.23. The van der Waals surface area contributed by atoms with Gasteiger partial charge in [0.15, 0.2) is 6.61 Å². The van der Waals surface area contributed by atoms with Gasteiger partial charge in [-0.1, -0.05) is 12.1 Å². The van der Waals surface area contributed by atoms with Gasteiger partial charge in [0.25, 0.3) is 35.4 Å². The van der Waals surface area contributed by atoms with Gasteiger partial charge in [-0.3, -0.25) is 48.6 Å². The Morgan fingerprint density at radius 2 is 1.40 bits per heavy atom. The first-order valence-electron chi connectivity index (χ1n) is 20.8. The Bertz CT molecular complexity index is 2530. The van der Waals surface area contributed by atoms with Crippen molar-refractivity contribution in [3.05, 3.63) is 118 Å². The molecule has 4 aromatic carbocycles. The van der Waals surface area contributed by atoms with E-state index < -0.39 is 29.7 Å². The summed E-state index contributed by atoms with van der Waals surface area (Å²) in [5.74, 6) is -2.36. The van der Waals surface area contributed by atoms with E-state index >= 15 is 0 Å². The summed E-state index contributed by atoms with van der Waals surface area (Å²) in [4.78, 5) is 107. The van der Waals surface area contributed by atoms with Crippen molar-refractivity contribution in [1.82, 2.24) is 20.4 Å². The quantitative estimate of drug-likeness (QED) is 0.159. The highest BCUT2D eigenvalue weighted by Gasteiger charge is 2.45. The molecule has 1 aliphatic carbocycles. The maximum absolute atomic E-state index is 13.5. The van der Waals surface area contributed by atoms with Crippen LogP contribution in [0.15, 0.2) is 84.9 Å². The molecule has 16 heteroatoms. The number of amides is 8. The standard InChI is InChI=1S/C46H43N7O9/c54-39-16-15-37(43(58)50-39)53-45(60)34-13-12-33(22-35(34)46(53)61)51-19-17-26(18-20-51)23-47-41(56)28-5-8-31(9-6-28)48-42(57)29-3-1-27(2-4-29)24-52(32-10-11-32)44(59)30-7-14-36-38(21-30)62-25-40(55)49-36/h1-9,12-14,21-22,26,32,37H,10-11,15-20,23-25H2,(H,47,56)(H,48,57)(H,49,55)(H,50,54,58). The summed E-state index contributed by atoms with van der Waals surface area (Å²) in [7, 11) is 0. The van der Waals surface area contributed by atoms with Crippen LogP contribution in [0, 0.1) is 5.92 Å². The number of hydrogen-bond acceptors (Lipinski definition) is 10. The molecule has 0 bridgehead atoms. The normalized spacial score (nSPS) is 18.6. The van der Waals surface area contributed by atoms with Gasteiger partial charge in [-0.15, -0.1) is 0 Å². The molecule has 16 nitrogen and oxygen atoms in total. The molecule has 4 aliphatic heterocycles. The molecule has 1 unspecified atom stereocenters. The van der Waals surface area contributed by atoms with Crippen molar-refractivity contribution >= 4 is 64.3 Å². The smallest absolute Gasteiger partial charge is 0.262 e. The number of benzene rings is 4. The molecule has 5 aliphatic rings. The molecule has 0 aromatic heterocycles. The summed E-state index contributed by atoms with van der Waals surface area (Å²) in [6.45, 7) is 2.13. The third-order valence-corrected chi connectivity index (χ3v) is 12.0. The summed E-state index contributed by atoms with van der Waals surface area (Å²) >= 11 is 0. The number of rotatable bonds is 11. The van der Waals surface area contributed by atoms with Crippen LogP contribution in [0.2, 0.25) is 0 Å². The summed E-state index contributed by atoms with van der Waals surface area (Å²) in [6.07, 6.45) is 3.58. The molecule has 62 heavy (non-hydrogen) atoms. The minimum absolute atomic E-state index is 0.0586. The topological polar surface area (TPSA) is 204 Å². The molecule has 316 valence electrons. The average molecular weight is 838 g/mol. The number of ether oxygens (including phenoxy) is 1. The Kier molecular flexibility index (Phi) is 10.7. The van der Waals surface area contributed by atoms with Crippen LogP contribution < -0.4 is 30.9 Å². The molecule has 4 N–H and O–H groups in total. The third-order valence-electron chi connectivity index (χ3n) is 12.0. The minimum Gasteiger partial charge on any atom is -0.482 e. The lowest BCUT2D eigenvalue weighted by molar-refractivity contribution is -0.136.